The van der Waals surface area contributed by atoms with Crippen LogP contribution in [0.25, 0.3) is 0 Å². The number of nitrogens with two attached hydrogens (primary N) is 1. The highest BCUT2D eigenvalue weighted by Gasteiger charge is 2.30. The van der Waals surface area contributed by atoms with Gasteiger partial charge < -0.3 is 20.4 Å². The van der Waals surface area contributed by atoms with E-state index < -0.39 is 6.36 Å². The number of rotatable bonds is 6. The first-order valence-corrected chi connectivity index (χ1v) is 9.24. The molecule has 1 aromatic carbocycles. The zero-order chi connectivity index (χ0) is 20.0. The highest BCUT2D eigenvalue weighted by atomic mass is 127. The minimum atomic E-state index is -4.71. The Morgan fingerprint density at radius 2 is 1.93 bits per heavy atom. The molecule has 3 N–H and O–H groups in total. The minimum absolute atomic E-state index is 0. The average Bonchev–Trinajstić information content (AvgIpc) is 2.85. The van der Waals surface area contributed by atoms with Crippen molar-refractivity contribution in [3.05, 3.63) is 35.9 Å². The van der Waals surface area contributed by atoms with Crippen molar-refractivity contribution in [3.8, 4) is 5.75 Å². The zero-order valence-electron chi connectivity index (χ0n) is 15.8. The molecule has 1 aliphatic heterocycles. The second-order valence-corrected chi connectivity index (χ2v) is 6.56. The molecule has 0 amide bonds. The van der Waals surface area contributed by atoms with E-state index in [1.54, 1.807) is 0 Å². The van der Waals surface area contributed by atoms with E-state index in [0.29, 0.717) is 12.2 Å². The van der Waals surface area contributed by atoms with Gasteiger partial charge in [0.2, 0.25) is 0 Å². The van der Waals surface area contributed by atoms with E-state index >= 15 is 0 Å². The number of aryl methyl sites for hydroxylation is 2. The summed E-state index contributed by atoms with van der Waals surface area (Å²) in [7, 11) is 0. The summed E-state index contributed by atoms with van der Waals surface area (Å²) < 4.78 is 42.5. The third kappa shape index (κ3) is 7.37. The molecule has 0 fully saturated rings. The molecule has 2 aromatic rings. The Balaban J connectivity index is 0.00000300. The van der Waals surface area contributed by atoms with Crippen LogP contribution in [-0.4, -0.2) is 33.6 Å². The molecule has 0 bridgehead atoms. The van der Waals surface area contributed by atoms with Crippen molar-refractivity contribution >= 4 is 35.6 Å². The number of benzene rings is 1. The van der Waals surface area contributed by atoms with Crippen LogP contribution in [0.3, 0.4) is 0 Å². The molecule has 1 aliphatic rings. The van der Waals surface area contributed by atoms with Crippen molar-refractivity contribution in [1.29, 1.82) is 0 Å². The molecule has 0 unspecified atom stereocenters. The van der Waals surface area contributed by atoms with Gasteiger partial charge in [-0.25, -0.2) is 0 Å². The lowest BCUT2D eigenvalue weighted by Crippen LogP contribution is -2.23. The number of guanidine groups is 1. The van der Waals surface area contributed by atoms with Gasteiger partial charge in [0.25, 0.3) is 0 Å². The summed E-state index contributed by atoms with van der Waals surface area (Å²) in [6.07, 6.45) is 1.35. The quantitative estimate of drug-likeness (QED) is 0.259. The minimum Gasteiger partial charge on any atom is -0.406 e. The molecule has 160 valence electrons. The normalized spacial score (nSPS) is 14.5. The summed E-state index contributed by atoms with van der Waals surface area (Å²) in [5.74, 6) is 1.96. The predicted octanol–water partition coefficient (Wildman–Crippen LogP) is 3.88. The lowest BCUT2D eigenvalue weighted by Gasteiger charge is -2.10. The molecule has 0 atom stereocenters. The molecule has 0 saturated carbocycles. The summed E-state index contributed by atoms with van der Waals surface area (Å²) >= 11 is 0. The first-order chi connectivity index (χ1) is 13.4. The lowest BCUT2D eigenvalue weighted by molar-refractivity contribution is -0.274. The van der Waals surface area contributed by atoms with Gasteiger partial charge in [-0.2, -0.15) is 0 Å². The average molecular weight is 524 g/mol. The monoisotopic (exact) mass is 524 g/mol. The van der Waals surface area contributed by atoms with Crippen molar-refractivity contribution in [3.63, 3.8) is 0 Å². The molecule has 11 heteroatoms. The summed E-state index contributed by atoms with van der Waals surface area (Å²) in [4.78, 5) is 4.25. The van der Waals surface area contributed by atoms with Crippen molar-refractivity contribution < 1.29 is 17.9 Å². The third-order valence-corrected chi connectivity index (χ3v) is 4.39. The van der Waals surface area contributed by atoms with Crippen LogP contribution >= 0.6 is 24.0 Å². The molecule has 0 aliphatic carbocycles. The van der Waals surface area contributed by atoms with Crippen LogP contribution in [0.15, 0.2) is 29.3 Å². The predicted molar refractivity (Wildman–Crippen MR) is 115 cm³/mol. The number of anilines is 1. The van der Waals surface area contributed by atoms with E-state index in [0.717, 1.165) is 50.3 Å². The number of fused-ring (bicyclic) bond motifs is 1. The smallest absolute Gasteiger partial charge is 0.406 e. The van der Waals surface area contributed by atoms with Crippen LogP contribution in [-0.2, 0) is 19.4 Å². The van der Waals surface area contributed by atoms with Gasteiger partial charge in [-0.1, -0.05) is 6.42 Å². The summed E-state index contributed by atoms with van der Waals surface area (Å²) in [6.45, 7) is 1.48. The third-order valence-electron chi connectivity index (χ3n) is 4.39. The van der Waals surface area contributed by atoms with E-state index in [2.05, 4.69) is 29.8 Å². The largest absolute Gasteiger partial charge is 0.573 e. The van der Waals surface area contributed by atoms with Crippen LogP contribution in [0.2, 0.25) is 0 Å². The Hall–Kier alpha value is -2.05. The van der Waals surface area contributed by atoms with Crippen molar-refractivity contribution in [2.75, 3.05) is 11.9 Å². The van der Waals surface area contributed by atoms with Gasteiger partial charge in [0.1, 0.15) is 17.4 Å². The highest BCUT2D eigenvalue weighted by Crippen LogP contribution is 2.23. The van der Waals surface area contributed by atoms with Crippen LogP contribution in [0.4, 0.5) is 18.9 Å². The molecule has 0 spiro atoms. The van der Waals surface area contributed by atoms with Crippen LogP contribution in [0.5, 0.6) is 5.75 Å². The van der Waals surface area contributed by atoms with Crippen molar-refractivity contribution in [2.45, 2.75) is 51.4 Å². The molecule has 0 saturated heterocycles. The first-order valence-electron chi connectivity index (χ1n) is 9.24. The maximum absolute atomic E-state index is 12.2. The SMILES string of the molecule is I.NC(=NCCCc1nnc2n1CCCCC2)Nc1ccc(OC(F)(F)F)cc1. The summed E-state index contributed by atoms with van der Waals surface area (Å²) in [5, 5.41) is 11.4. The van der Waals surface area contributed by atoms with Crippen molar-refractivity contribution in [1.82, 2.24) is 14.8 Å². The Bertz CT molecular complexity index is 807. The van der Waals surface area contributed by atoms with Gasteiger partial charge in [-0.3, -0.25) is 4.99 Å². The number of alkyl halides is 3. The number of hydrogen-bond acceptors (Lipinski definition) is 4. The van der Waals surface area contributed by atoms with E-state index in [1.165, 1.54) is 30.7 Å². The van der Waals surface area contributed by atoms with Crippen LogP contribution in [0.1, 0.15) is 37.3 Å². The fraction of sp³-hybridized carbons (Fsp3) is 0.500. The standard InChI is InChI=1S/C18H23F3N6O.HI/c19-18(20,21)28-14-9-7-13(8-10-14)24-17(22)23-11-4-6-16-26-25-15-5-2-1-3-12-27(15)16;/h7-10H,1-6,11-12H2,(H3,22,23,24);1H. The van der Waals surface area contributed by atoms with E-state index in [-0.39, 0.29) is 35.7 Å². The van der Waals surface area contributed by atoms with Gasteiger partial charge in [-0.05, 0) is 43.5 Å². The van der Waals surface area contributed by atoms with Gasteiger partial charge in [0.05, 0.1) is 0 Å². The number of aliphatic imine (C=N–C) groups is 1. The first kappa shape index (κ1) is 23.2. The zero-order valence-corrected chi connectivity index (χ0v) is 18.1. The molecule has 2 heterocycles. The Morgan fingerprint density at radius 3 is 2.66 bits per heavy atom. The Kier molecular flexibility index (Phi) is 8.53. The number of nitrogens with zero attached hydrogens (tertiary/aromatic N) is 4. The summed E-state index contributed by atoms with van der Waals surface area (Å²) in [5.41, 5.74) is 6.36. The number of hydrogen-bond donors (Lipinski definition) is 2. The molecule has 3 rings (SSSR count). The number of halogens is 4. The highest BCUT2D eigenvalue weighted by molar-refractivity contribution is 14.0. The van der Waals surface area contributed by atoms with E-state index in [1.807, 2.05) is 0 Å². The van der Waals surface area contributed by atoms with Crippen LogP contribution < -0.4 is 15.8 Å². The van der Waals surface area contributed by atoms with Gasteiger partial charge in [0.15, 0.2) is 5.96 Å². The van der Waals surface area contributed by atoms with Gasteiger partial charge >= 0.3 is 6.36 Å². The molecule has 0 radical (unpaired) electrons. The van der Waals surface area contributed by atoms with Gasteiger partial charge in [0, 0.05) is 31.6 Å². The number of aromatic nitrogens is 3. The lowest BCUT2D eigenvalue weighted by atomic mass is 10.2. The molecular formula is C18H24F3IN6O. The topological polar surface area (TPSA) is 90.4 Å². The number of nitrogens with one attached hydrogen (secondary N) is 1. The van der Waals surface area contributed by atoms with Gasteiger partial charge in [-0.15, -0.1) is 47.3 Å². The summed E-state index contributed by atoms with van der Waals surface area (Å²) in [6, 6.07) is 5.30. The van der Waals surface area contributed by atoms with E-state index in [9.17, 15) is 13.2 Å². The number of ether oxygens (including phenoxy) is 1. The Labute approximate surface area is 183 Å². The molecule has 7 nitrogen and oxygen atoms in total. The second-order valence-electron chi connectivity index (χ2n) is 6.56. The van der Waals surface area contributed by atoms with E-state index in [4.69, 9.17) is 5.73 Å². The molecule has 1 aromatic heterocycles. The maximum Gasteiger partial charge on any atom is 0.573 e. The molecule has 29 heavy (non-hydrogen) atoms. The molecular weight excluding hydrogens is 500 g/mol. The Morgan fingerprint density at radius 1 is 1.17 bits per heavy atom. The second kappa shape index (κ2) is 10.6. The fourth-order valence-electron chi connectivity index (χ4n) is 3.09. The fourth-order valence-corrected chi connectivity index (χ4v) is 3.09. The van der Waals surface area contributed by atoms with Crippen LogP contribution in [0, 0.1) is 0 Å². The van der Waals surface area contributed by atoms with Crippen molar-refractivity contribution in [2.24, 2.45) is 10.7 Å². The maximum atomic E-state index is 12.2.